The molecule has 1 aromatic carbocycles. The first-order chi connectivity index (χ1) is 11.6. The van der Waals surface area contributed by atoms with Gasteiger partial charge in [0.25, 0.3) is 0 Å². The van der Waals surface area contributed by atoms with Crippen LogP contribution >= 0.6 is 0 Å². The molecule has 0 aromatic heterocycles. The maximum atomic E-state index is 12.8. The van der Waals surface area contributed by atoms with Gasteiger partial charge in [0.15, 0.2) is 0 Å². The largest absolute Gasteiger partial charge is 0.394 e. The van der Waals surface area contributed by atoms with Gasteiger partial charge in [0, 0.05) is 24.8 Å². The number of aliphatic hydroxyl groups excluding tert-OH is 1. The van der Waals surface area contributed by atoms with E-state index < -0.39 is 0 Å². The van der Waals surface area contributed by atoms with E-state index >= 15 is 0 Å². The van der Waals surface area contributed by atoms with Crippen LogP contribution in [-0.2, 0) is 22.4 Å². The number of nitrogens with one attached hydrogen (secondary N) is 1. The van der Waals surface area contributed by atoms with Crippen LogP contribution in [0.15, 0.2) is 18.2 Å². The van der Waals surface area contributed by atoms with E-state index in [0.29, 0.717) is 25.4 Å². The van der Waals surface area contributed by atoms with Crippen LogP contribution in [0.4, 0.5) is 5.69 Å². The Morgan fingerprint density at radius 1 is 1.33 bits per heavy atom. The maximum absolute atomic E-state index is 12.8. The normalized spacial score (nSPS) is 26.2. The second kappa shape index (κ2) is 6.18. The molecule has 2 atom stereocenters. The Bertz CT molecular complexity index is 675. The fourth-order valence-corrected chi connectivity index (χ4v) is 4.20. The van der Waals surface area contributed by atoms with Crippen molar-refractivity contribution in [2.45, 2.75) is 37.8 Å². The molecule has 2 saturated heterocycles. The first kappa shape index (κ1) is 15.6. The van der Waals surface area contributed by atoms with Crippen LogP contribution in [0.2, 0.25) is 0 Å². The monoisotopic (exact) mass is 329 g/mol. The Labute approximate surface area is 141 Å². The predicted octanol–water partition coefficient (Wildman–Crippen LogP) is 0.391. The van der Waals surface area contributed by atoms with Gasteiger partial charge >= 0.3 is 0 Å². The van der Waals surface area contributed by atoms with Crippen molar-refractivity contribution in [2.75, 3.05) is 31.6 Å². The second-order valence-electron chi connectivity index (χ2n) is 7.07. The smallest absolute Gasteiger partial charge is 0.228 e. The van der Waals surface area contributed by atoms with Crippen LogP contribution in [0.25, 0.3) is 0 Å². The summed E-state index contributed by atoms with van der Waals surface area (Å²) >= 11 is 0. The summed E-state index contributed by atoms with van der Waals surface area (Å²) in [5.74, 6) is 0.0658. The van der Waals surface area contributed by atoms with E-state index in [0.717, 1.165) is 36.3 Å². The molecule has 24 heavy (non-hydrogen) atoms. The summed E-state index contributed by atoms with van der Waals surface area (Å²) < 4.78 is 0. The number of benzene rings is 1. The highest BCUT2D eigenvalue weighted by Gasteiger charge is 2.37. The van der Waals surface area contributed by atoms with Crippen LogP contribution in [0.3, 0.4) is 0 Å². The number of anilines is 1. The third kappa shape index (κ3) is 2.80. The SMILES string of the molecule is O=C1Cc2ccc(CC(=O)N3C[C@@H]4CCCN4C[C@@H]3CO)cc2N1. The fourth-order valence-electron chi connectivity index (χ4n) is 4.20. The molecule has 3 aliphatic rings. The molecule has 4 rings (SSSR count). The van der Waals surface area contributed by atoms with Crippen molar-refractivity contribution in [3.63, 3.8) is 0 Å². The molecule has 0 aliphatic carbocycles. The van der Waals surface area contributed by atoms with E-state index in [2.05, 4.69) is 10.2 Å². The van der Waals surface area contributed by atoms with Gasteiger partial charge in [-0.05, 0) is 36.6 Å². The number of hydrogen-bond acceptors (Lipinski definition) is 4. The minimum atomic E-state index is -0.110. The summed E-state index contributed by atoms with van der Waals surface area (Å²) in [6, 6.07) is 6.08. The highest BCUT2D eigenvalue weighted by Crippen LogP contribution is 2.27. The Hall–Kier alpha value is -1.92. The summed E-state index contributed by atoms with van der Waals surface area (Å²) in [5.41, 5.74) is 2.72. The van der Waals surface area contributed by atoms with Crippen molar-refractivity contribution < 1.29 is 14.7 Å². The molecule has 6 heteroatoms. The number of amides is 2. The van der Waals surface area contributed by atoms with Crippen LogP contribution in [0, 0.1) is 0 Å². The van der Waals surface area contributed by atoms with Crippen molar-refractivity contribution in [2.24, 2.45) is 0 Å². The zero-order valence-corrected chi connectivity index (χ0v) is 13.7. The first-order valence-corrected chi connectivity index (χ1v) is 8.70. The van der Waals surface area contributed by atoms with E-state index in [1.807, 2.05) is 23.1 Å². The number of rotatable bonds is 3. The molecule has 2 amide bonds. The fraction of sp³-hybridized carbons (Fsp3) is 0.556. The van der Waals surface area contributed by atoms with E-state index in [4.69, 9.17) is 0 Å². The molecule has 2 N–H and O–H groups in total. The topological polar surface area (TPSA) is 72.9 Å². The van der Waals surface area contributed by atoms with Gasteiger partial charge in [0.1, 0.15) is 0 Å². The highest BCUT2D eigenvalue weighted by atomic mass is 16.3. The lowest BCUT2D eigenvalue weighted by molar-refractivity contribution is -0.137. The Morgan fingerprint density at radius 2 is 2.21 bits per heavy atom. The van der Waals surface area contributed by atoms with Crippen molar-refractivity contribution in [1.29, 1.82) is 0 Å². The van der Waals surface area contributed by atoms with Crippen LogP contribution in [0.1, 0.15) is 24.0 Å². The quantitative estimate of drug-likeness (QED) is 0.841. The van der Waals surface area contributed by atoms with Crippen LogP contribution in [-0.4, -0.2) is 65.0 Å². The van der Waals surface area contributed by atoms with Gasteiger partial charge in [-0.2, -0.15) is 0 Å². The molecule has 1 aromatic rings. The zero-order chi connectivity index (χ0) is 16.7. The lowest BCUT2D eigenvalue weighted by Crippen LogP contribution is -2.59. The Balaban J connectivity index is 1.47. The van der Waals surface area contributed by atoms with Crippen molar-refractivity contribution >= 4 is 17.5 Å². The Morgan fingerprint density at radius 3 is 3.04 bits per heavy atom. The second-order valence-corrected chi connectivity index (χ2v) is 7.07. The molecule has 3 aliphatic heterocycles. The van der Waals surface area contributed by atoms with E-state index in [9.17, 15) is 14.7 Å². The lowest BCUT2D eigenvalue weighted by atomic mass is 10.0. The number of nitrogens with zero attached hydrogens (tertiary/aromatic N) is 2. The van der Waals surface area contributed by atoms with Gasteiger partial charge in [-0.3, -0.25) is 14.5 Å². The third-order valence-corrected chi connectivity index (χ3v) is 5.48. The average Bonchev–Trinajstić information content (AvgIpc) is 3.17. The summed E-state index contributed by atoms with van der Waals surface area (Å²) in [7, 11) is 0. The number of piperazine rings is 1. The van der Waals surface area contributed by atoms with Gasteiger partial charge in [-0.1, -0.05) is 12.1 Å². The minimum absolute atomic E-state index is 0.00572. The van der Waals surface area contributed by atoms with E-state index in [-0.39, 0.29) is 24.5 Å². The third-order valence-electron chi connectivity index (χ3n) is 5.48. The summed E-state index contributed by atoms with van der Waals surface area (Å²) in [6.07, 6.45) is 3.04. The highest BCUT2D eigenvalue weighted by molar-refractivity contribution is 5.99. The predicted molar refractivity (Wildman–Crippen MR) is 89.7 cm³/mol. The number of hydrogen-bond donors (Lipinski definition) is 2. The summed E-state index contributed by atoms with van der Waals surface area (Å²) in [4.78, 5) is 28.5. The minimum Gasteiger partial charge on any atom is -0.394 e. The number of carbonyl (C=O) groups is 2. The van der Waals surface area contributed by atoms with Gasteiger partial charge in [0.2, 0.25) is 11.8 Å². The summed E-state index contributed by atoms with van der Waals surface area (Å²) in [5, 5.41) is 12.5. The van der Waals surface area contributed by atoms with Gasteiger partial charge < -0.3 is 15.3 Å². The van der Waals surface area contributed by atoms with Gasteiger partial charge in [-0.15, -0.1) is 0 Å². The Kier molecular flexibility index (Phi) is 4.02. The van der Waals surface area contributed by atoms with Gasteiger partial charge in [-0.25, -0.2) is 0 Å². The average molecular weight is 329 g/mol. The molecular weight excluding hydrogens is 306 g/mol. The molecule has 128 valence electrons. The van der Waals surface area contributed by atoms with E-state index in [1.165, 1.54) is 6.42 Å². The molecule has 0 unspecified atom stereocenters. The maximum Gasteiger partial charge on any atom is 0.228 e. The molecule has 0 radical (unpaired) electrons. The molecule has 2 fully saturated rings. The molecule has 3 heterocycles. The molecular formula is C18H23N3O3. The summed E-state index contributed by atoms with van der Waals surface area (Å²) in [6.45, 7) is 2.57. The van der Waals surface area contributed by atoms with Crippen molar-refractivity contribution in [3.8, 4) is 0 Å². The zero-order valence-electron chi connectivity index (χ0n) is 13.7. The van der Waals surface area contributed by atoms with Crippen LogP contribution in [0.5, 0.6) is 0 Å². The standard InChI is InChI=1S/C18H23N3O3/c22-11-15-9-20-5-1-2-14(20)10-21(15)18(24)7-12-3-4-13-8-17(23)19-16(13)6-12/h3-4,6,14-15,22H,1-2,5,7-11H2,(H,19,23)/t14-,15+/m0/s1. The van der Waals surface area contributed by atoms with Crippen molar-refractivity contribution in [1.82, 2.24) is 9.80 Å². The molecule has 0 bridgehead atoms. The lowest BCUT2D eigenvalue weighted by Gasteiger charge is -2.43. The molecule has 6 nitrogen and oxygen atoms in total. The first-order valence-electron chi connectivity index (χ1n) is 8.70. The molecule has 0 spiro atoms. The van der Waals surface area contributed by atoms with E-state index in [1.54, 1.807) is 0 Å². The number of fused-ring (bicyclic) bond motifs is 2. The molecule has 0 saturated carbocycles. The van der Waals surface area contributed by atoms with Gasteiger partial charge in [0.05, 0.1) is 25.5 Å². The number of carbonyl (C=O) groups excluding carboxylic acids is 2. The van der Waals surface area contributed by atoms with Crippen molar-refractivity contribution in [3.05, 3.63) is 29.3 Å². The number of aliphatic hydroxyl groups is 1. The van der Waals surface area contributed by atoms with Crippen LogP contribution < -0.4 is 5.32 Å².